The van der Waals surface area contributed by atoms with Gasteiger partial charge in [-0.25, -0.2) is 0 Å². The molecule has 2 aromatic carbocycles. The largest absolute Gasteiger partial charge is 0.508 e. The topological polar surface area (TPSA) is 90.0 Å². The highest BCUT2D eigenvalue weighted by Crippen LogP contribution is 2.29. The number of phenols is 1. The molecule has 7 heteroatoms. The number of aromatic nitrogens is 2. The predicted molar refractivity (Wildman–Crippen MR) is 94.7 cm³/mol. The standard InChI is InChI=1S/C17H15ClN4O2/c1-10(23)19-12-4-7-15(14(18)8-12)20-17-9-16(21-22-17)11-2-5-13(24)6-3-11/h2-9,24H,1H3,(H,19,23)(H2,20,21,22). The van der Waals surface area contributed by atoms with Crippen LogP contribution in [0.1, 0.15) is 6.92 Å². The van der Waals surface area contributed by atoms with Crippen LogP contribution in [0.4, 0.5) is 17.2 Å². The molecule has 0 atom stereocenters. The second-order valence-electron chi connectivity index (χ2n) is 5.21. The van der Waals surface area contributed by atoms with Crippen LogP contribution < -0.4 is 10.6 Å². The number of nitrogens with one attached hydrogen (secondary N) is 3. The fraction of sp³-hybridized carbons (Fsp3) is 0.0588. The van der Waals surface area contributed by atoms with Crippen molar-refractivity contribution in [3.63, 3.8) is 0 Å². The maximum atomic E-state index is 11.1. The summed E-state index contributed by atoms with van der Waals surface area (Å²) in [6.45, 7) is 1.44. The zero-order valence-corrected chi connectivity index (χ0v) is 13.6. The number of anilines is 3. The number of carbonyl (C=O) groups is 1. The van der Waals surface area contributed by atoms with E-state index in [0.29, 0.717) is 22.2 Å². The van der Waals surface area contributed by atoms with E-state index in [9.17, 15) is 9.90 Å². The van der Waals surface area contributed by atoms with Crippen molar-refractivity contribution >= 4 is 34.7 Å². The second-order valence-corrected chi connectivity index (χ2v) is 5.62. The van der Waals surface area contributed by atoms with Gasteiger partial charge in [0.1, 0.15) is 5.75 Å². The van der Waals surface area contributed by atoms with Gasteiger partial charge in [0.2, 0.25) is 5.91 Å². The minimum absolute atomic E-state index is 0.155. The Morgan fingerprint density at radius 1 is 1.17 bits per heavy atom. The van der Waals surface area contributed by atoms with Crippen molar-refractivity contribution < 1.29 is 9.90 Å². The molecule has 0 saturated heterocycles. The number of amides is 1. The monoisotopic (exact) mass is 342 g/mol. The molecule has 3 aromatic rings. The predicted octanol–water partition coefficient (Wildman–Crippen LogP) is 4.14. The lowest BCUT2D eigenvalue weighted by molar-refractivity contribution is -0.114. The van der Waals surface area contributed by atoms with Crippen LogP contribution in [-0.4, -0.2) is 21.2 Å². The van der Waals surface area contributed by atoms with Crippen LogP contribution >= 0.6 is 11.6 Å². The first-order valence-electron chi connectivity index (χ1n) is 7.20. The highest BCUT2D eigenvalue weighted by atomic mass is 35.5. The smallest absolute Gasteiger partial charge is 0.221 e. The lowest BCUT2D eigenvalue weighted by Crippen LogP contribution is -2.05. The number of hydrogen-bond acceptors (Lipinski definition) is 4. The molecule has 0 unspecified atom stereocenters. The molecule has 6 nitrogen and oxygen atoms in total. The Balaban J connectivity index is 1.77. The summed E-state index contributed by atoms with van der Waals surface area (Å²) in [5.41, 5.74) is 3.02. The normalized spacial score (nSPS) is 10.4. The highest BCUT2D eigenvalue weighted by Gasteiger charge is 2.07. The van der Waals surface area contributed by atoms with Crippen LogP contribution in [0.2, 0.25) is 5.02 Å². The first kappa shape index (κ1) is 15.9. The van der Waals surface area contributed by atoms with Gasteiger partial charge in [-0.3, -0.25) is 9.89 Å². The number of phenolic OH excluding ortho intramolecular Hbond substituents is 1. The maximum Gasteiger partial charge on any atom is 0.221 e. The maximum absolute atomic E-state index is 11.1. The number of halogens is 1. The third-order valence-corrected chi connectivity index (χ3v) is 3.62. The van der Waals surface area contributed by atoms with Crippen LogP contribution in [0.5, 0.6) is 5.75 Å². The van der Waals surface area contributed by atoms with Crippen molar-refractivity contribution in [1.82, 2.24) is 10.2 Å². The number of rotatable bonds is 4. The van der Waals surface area contributed by atoms with Gasteiger partial charge in [0.15, 0.2) is 5.82 Å². The van der Waals surface area contributed by atoms with Crippen LogP contribution in [0.3, 0.4) is 0 Å². The molecular weight excluding hydrogens is 328 g/mol. The van der Waals surface area contributed by atoms with Crippen molar-refractivity contribution in [2.45, 2.75) is 6.92 Å². The third kappa shape index (κ3) is 3.67. The van der Waals surface area contributed by atoms with E-state index in [1.807, 2.05) is 6.07 Å². The van der Waals surface area contributed by atoms with Gasteiger partial charge >= 0.3 is 0 Å². The van der Waals surface area contributed by atoms with E-state index >= 15 is 0 Å². The van der Waals surface area contributed by atoms with E-state index in [1.165, 1.54) is 6.92 Å². The summed E-state index contributed by atoms with van der Waals surface area (Å²) in [5.74, 6) is 0.660. The zero-order valence-electron chi connectivity index (χ0n) is 12.8. The molecular formula is C17H15ClN4O2. The molecule has 0 spiro atoms. The number of aromatic amines is 1. The molecule has 122 valence electrons. The zero-order chi connectivity index (χ0) is 17.1. The minimum atomic E-state index is -0.155. The molecule has 0 saturated carbocycles. The van der Waals surface area contributed by atoms with Crippen molar-refractivity contribution in [1.29, 1.82) is 0 Å². The summed E-state index contributed by atoms with van der Waals surface area (Å²) in [6, 6.07) is 13.8. The number of aromatic hydroxyl groups is 1. The Labute approximate surface area is 143 Å². The molecule has 24 heavy (non-hydrogen) atoms. The van der Waals surface area contributed by atoms with E-state index in [2.05, 4.69) is 20.8 Å². The lowest BCUT2D eigenvalue weighted by Gasteiger charge is -2.08. The Morgan fingerprint density at radius 2 is 1.92 bits per heavy atom. The van der Waals surface area contributed by atoms with Gasteiger partial charge in [-0.15, -0.1) is 0 Å². The van der Waals surface area contributed by atoms with E-state index in [0.717, 1.165) is 11.3 Å². The summed E-state index contributed by atoms with van der Waals surface area (Å²) >= 11 is 6.22. The fourth-order valence-electron chi connectivity index (χ4n) is 2.21. The average molecular weight is 343 g/mol. The number of nitrogens with zero attached hydrogens (tertiary/aromatic N) is 1. The summed E-state index contributed by atoms with van der Waals surface area (Å²) in [6.07, 6.45) is 0. The van der Waals surface area contributed by atoms with Crippen molar-refractivity contribution in [3.8, 4) is 17.0 Å². The fourth-order valence-corrected chi connectivity index (χ4v) is 2.44. The average Bonchev–Trinajstić information content (AvgIpc) is 2.99. The Morgan fingerprint density at radius 3 is 2.58 bits per heavy atom. The van der Waals surface area contributed by atoms with E-state index in [-0.39, 0.29) is 11.7 Å². The van der Waals surface area contributed by atoms with Gasteiger partial charge in [0, 0.05) is 18.7 Å². The van der Waals surface area contributed by atoms with E-state index in [4.69, 9.17) is 11.6 Å². The molecule has 1 heterocycles. The van der Waals surface area contributed by atoms with Gasteiger partial charge in [-0.2, -0.15) is 5.10 Å². The molecule has 3 rings (SSSR count). The van der Waals surface area contributed by atoms with Gasteiger partial charge < -0.3 is 15.7 Å². The number of benzene rings is 2. The Kier molecular flexibility index (Phi) is 4.39. The molecule has 0 bridgehead atoms. The van der Waals surface area contributed by atoms with Crippen LogP contribution in [-0.2, 0) is 4.79 Å². The molecule has 0 aliphatic carbocycles. The third-order valence-electron chi connectivity index (χ3n) is 3.31. The van der Waals surface area contributed by atoms with Crippen molar-refractivity contribution in [2.24, 2.45) is 0 Å². The molecule has 1 amide bonds. The minimum Gasteiger partial charge on any atom is -0.508 e. The molecule has 0 fully saturated rings. The number of H-pyrrole nitrogens is 1. The first-order chi connectivity index (χ1) is 11.5. The summed E-state index contributed by atoms with van der Waals surface area (Å²) in [4.78, 5) is 11.1. The van der Waals surface area contributed by atoms with Gasteiger partial charge in [-0.1, -0.05) is 11.6 Å². The summed E-state index contributed by atoms with van der Waals surface area (Å²) < 4.78 is 0. The second kappa shape index (κ2) is 6.64. The Bertz CT molecular complexity index is 875. The molecule has 4 N–H and O–H groups in total. The van der Waals surface area contributed by atoms with E-state index in [1.54, 1.807) is 42.5 Å². The van der Waals surface area contributed by atoms with Crippen LogP contribution in [0.15, 0.2) is 48.5 Å². The van der Waals surface area contributed by atoms with Crippen LogP contribution in [0, 0.1) is 0 Å². The summed E-state index contributed by atoms with van der Waals surface area (Å²) in [7, 11) is 0. The number of hydrogen-bond donors (Lipinski definition) is 4. The van der Waals surface area contributed by atoms with Gasteiger partial charge in [-0.05, 0) is 48.0 Å². The quantitative estimate of drug-likeness (QED) is 0.573. The van der Waals surface area contributed by atoms with Gasteiger partial charge in [0.25, 0.3) is 0 Å². The first-order valence-corrected chi connectivity index (χ1v) is 7.58. The lowest BCUT2D eigenvalue weighted by atomic mass is 10.1. The number of carbonyl (C=O) groups excluding carboxylic acids is 1. The highest BCUT2D eigenvalue weighted by molar-refractivity contribution is 6.33. The molecule has 1 aromatic heterocycles. The SMILES string of the molecule is CC(=O)Nc1ccc(Nc2cc(-c3ccc(O)cc3)[nH]n2)c(Cl)c1. The molecule has 0 radical (unpaired) electrons. The van der Waals surface area contributed by atoms with Gasteiger partial charge in [0.05, 0.1) is 16.4 Å². The van der Waals surface area contributed by atoms with Crippen molar-refractivity contribution in [2.75, 3.05) is 10.6 Å². The molecule has 0 aliphatic heterocycles. The van der Waals surface area contributed by atoms with Crippen LogP contribution in [0.25, 0.3) is 11.3 Å². The Hall–Kier alpha value is -2.99. The van der Waals surface area contributed by atoms with E-state index < -0.39 is 0 Å². The van der Waals surface area contributed by atoms with Crippen molar-refractivity contribution in [3.05, 3.63) is 53.6 Å². The molecule has 0 aliphatic rings. The summed E-state index contributed by atoms with van der Waals surface area (Å²) in [5, 5.41) is 22.7.